The average molecular weight is 313 g/mol. The molecule has 0 fully saturated rings. The molecule has 1 aliphatic heterocycles. The first kappa shape index (κ1) is 15.1. The van der Waals surface area contributed by atoms with Crippen LogP contribution in [0.5, 0.6) is 0 Å². The Kier molecular flexibility index (Phi) is 3.23. The molecule has 2 aliphatic rings. The molecule has 0 atom stereocenters. The maximum atomic E-state index is 9.85. The smallest absolute Gasteiger partial charge is 0.224 e. The third-order valence-corrected chi connectivity index (χ3v) is 4.27. The summed E-state index contributed by atoms with van der Waals surface area (Å²) in [5, 5.41) is 48.2. The van der Waals surface area contributed by atoms with Gasteiger partial charge in [-0.2, -0.15) is 26.1 Å². The minimum Gasteiger partial charge on any atom is -0.365 e. The molecule has 1 aromatic carbocycles. The van der Waals surface area contributed by atoms with E-state index in [0.717, 1.165) is 0 Å². The first-order valence-corrected chi connectivity index (χ1v) is 7.10. The summed E-state index contributed by atoms with van der Waals surface area (Å²) in [7, 11) is 1.68. The molecule has 1 aliphatic carbocycles. The molecule has 7 nitrogen and oxygen atoms in total. The van der Waals surface area contributed by atoms with Crippen molar-refractivity contribution in [3.8, 4) is 24.3 Å². The Morgan fingerprint density at radius 2 is 1.58 bits per heavy atom. The Morgan fingerprint density at radius 1 is 1.00 bits per heavy atom. The Bertz CT molecular complexity index is 900. The van der Waals surface area contributed by atoms with Crippen molar-refractivity contribution in [1.29, 1.82) is 21.0 Å². The molecule has 0 saturated heterocycles. The summed E-state index contributed by atoms with van der Waals surface area (Å²) < 4.78 is 0. The summed E-state index contributed by atoms with van der Waals surface area (Å²) in [6.07, 6.45) is 0. The first-order chi connectivity index (χ1) is 11.6. The monoisotopic (exact) mass is 313 g/mol. The molecule has 24 heavy (non-hydrogen) atoms. The van der Waals surface area contributed by atoms with Crippen molar-refractivity contribution < 1.29 is 0 Å². The number of nitriles is 4. The predicted molar refractivity (Wildman–Crippen MR) is 83.9 cm³/mol. The normalized spacial score (nSPS) is 19.7. The van der Waals surface area contributed by atoms with Crippen LogP contribution in [0.15, 0.2) is 41.1 Å². The number of hydrogen-bond acceptors (Lipinski definition) is 7. The van der Waals surface area contributed by atoms with Gasteiger partial charge in [-0.1, -0.05) is 30.3 Å². The molecule has 0 aromatic heterocycles. The van der Waals surface area contributed by atoms with Crippen molar-refractivity contribution in [3.05, 3.63) is 41.6 Å². The zero-order valence-electron chi connectivity index (χ0n) is 12.8. The molecule has 114 valence electrons. The van der Waals surface area contributed by atoms with Crippen LogP contribution in [-0.4, -0.2) is 24.4 Å². The van der Waals surface area contributed by atoms with E-state index in [4.69, 9.17) is 0 Å². The number of allylic oxidation sites excluding steroid dienone is 2. The van der Waals surface area contributed by atoms with Gasteiger partial charge in [0.1, 0.15) is 12.4 Å². The molecule has 7 heteroatoms. The summed E-state index contributed by atoms with van der Waals surface area (Å²) in [6.45, 7) is 0.342. The molecule has 0 saturated carbocycles. The lowest BCUT2D eigenvalue weighted by atomic mass is 9.64. The molecular formula is C17H11N7. The highest BCUT2D eigenvalue weighted by atomic mass is 15.5. The standard InChI is InChI=1S/C17H11N7/c1-24-11-22-14-13(12-5-3-2-4-6-12)16(7-18,8-19)17(9-20,10-21)15(14)23-24/h2-6,22H,11H2,1H3. The maximum absolute atomic E-state index is 9.85. The summed E-state index contributed by atoms with van der Waals surface area (Å²) in [6, 6.07) is 16.5. The van der Waals surface area contributed by atoms with Gasteiger partial charge in [-0.25, -0.2) is 0 Å². The van der Waals surface area contributed by atoms with Crippen molar-refractivity contribution >= 4 is 11.3 Å². The number of fused-ring (bicyclic) bond motifs is 1. The second-order valence-electron chi connectivity index (χ2n) is 5.50. The van der Waals surface area contributed by atoms with Crippen LogP contribution in [0.25, 0.3) is 5.57 Å². The van der Waals surface area contributed by atoms with Crippen molar-refractivity contribution in [1.82, 2.24) is 10.3 Å². The van der Waals surface area contributed by atoms with Crippen LogP contribution in [-0.2, 0) is 0 Å². The highest BCUT2D eigenvalue weighted by Gasteiger charge is 2.67. The van der Waals surface area contributed by atoms with Crippen LogP contribution in [0.2, 0.25) is 0 Å². The maximum Gasteiger partial charge on any atom is 0.224 e. The van der Waals surface area contributed by atoms with E-state index >= 15 is 0 Å². The zero-order chi connectivity index (χ0) is 17.4. The van der Waals surface area contributed by atoms with E-state index in [1.54, 1.807) is 31.3 Å². The van der Waals surface area contributed by atoms with Gasteiger partial charge >= 0.3 is 0 Å². The summed E-state index contributed by atoms with van der Waals surface area (Å²) in [5.74, 6) is 0. The van der Waals surface area contributed by atoms with Crippen LogP contribution in [0, 0.1) is 56.2 Å². The molecule has 1 aromatic rings. The van der Waals surface area contributed by atoms with Gasteiger partial charge in [0.25, 0.3) is 0 Å². The van der Waals surface area contributed by atoms with E-state index in [0.29, 0.717) is 23.5 Å². The van der Waals surface area contributed by atoms with Crippen LogP contribution in [0.4, 0.5) is 0 Å². The lowest BCUT2D eigenvalue weighted by Gasteiger charge is -2.28. The van der Waals surface area contributed by atoms with Gasteiger partial charge in [-0.15, -0.1) is 0 Å². The van der Waals surface area contributed by atoms with Crippen LogP contribution in [0.1, 0.15) is 5.56 Å². The van der Waals surface area contributed by atoms with E-state index in [9.17, 15) is 21.0 Å². The van der Waals surface area contributed by atoms with Crippen LogP contribution in [0.3, 0.4) is 0 Å². The van der Waals surface area contributed by atoms with Gasteiger partial charge in [0.15, 0.2) is 0 Å². The number of rotatable bonds is 1. The van der Waals surface area contributed by atoms with E-state index in [1.807, 2.05) is 30.3 Å². The van der Waals surface area contributed by atoms with E-state index < -0.39 is 10.8 Å². The summed E-state index contributed by atoms with van der Waals surface area (Å²) in [4.78, 5) is 0. The topological polar surface area (TPSA) is 123 Å². The van der Waals surface area contributed by atoms with Crippen LogP contribution < -0.4 is 5.32 Å². The van der Waals surface area contributed by atoms with Crippen molar-refractivity contribution in [2.75, 3.05) is 13.7 Å². The van der Waals surface area contributed by atoms with Crippen molar-refractivity contribution in [2.45, 2.75) is 0 Å². The quantitative estimate of drug-likeness (QED) is 0.834. The third-order valence-electron chi connectivity index (χ3n) is 4.27. The molecule has 0 unspecified atom stereocenters. The highest BCUT2D eigenvalue weighted by molar-refractivity contribution is 6.20. The fraction of sp³-hybridized carbons (Fsp3) is 0.235. The second-order valence-corrected chi connectivity index (χ2v) is 5.50. The Hall–Kier alpha value is -3.81. The molecule has 1 N–H and O–H groups in total. The highest BCUT2D eigenvalue weighted by Crippen LogP contribution is 2.57. The van der Waals surface area contributed by atoms with Gasteiger partial charge in [0.05, 0.1) is 30.0 Å². The Labute approximate surface area is 138 Å². The van der Waals surface area contributed by atoms with Crippen molar-refractivity contribution in [3.63, 3.8) is 0 Å². The Balaban J connectivity index is 2.47. The lowest BCUT2D eigenvalue weighted by Crippen LogP contribution is -2.44. The van der Waals surface area contributed by atoms with Crippen molar-refractivity contribution in [2.24, 2.45) is 15.9 Å². The SMILES string of the molecule is CN1CNC2=C(c3ccccc3)C(C#N)(C#N)C(C#N)(C#N)C2=N1. The van der Waals surface area contributed by atoms with Gasteiger partial charge < -0.3 is 5.32 Å². The number of hydrogen-bond donors (Lipinski definition) is 1. The van der Waals surface area contributed by atoms with Crippen LogP contribution >= 0.6 is 0 Å². The molecule has 0 amide bonds. The van der Waals surface area contributed by atoms with Gasteiger partial charge in [0.2, 0.25) is 10.8 Å². The molecule has 3 rings (SSSR count). The minimum atomic E-state index is -2.00. The van der Waals surface area contributed by atoms with E-state index in [1.165, 1.54) is 5.01 Å². The first-order valence-electron chi connectivity index (χ1n) is 7.10. The largest absolute Gasteiger partial charge is 0.365 e. The third kappa shape index (κ3) is 1.59. The number of nitrogens with zero attached hydrogens (tertiary/aromatic N) is 6. The fourth-order valence-corrected chi connectivity index (χ4v) is 3.12. The fourth-order valence-electron chi connectivity index (χ4n) is 3.12. The average Bonchev–Trinajstić information content (AvgIpc) is 2.88. The van der Waals surface area contributed by atoms with Gasteiger partial charge in [-0.05, 0) is 5.56 Å². The molecule has 1 heterocycles. The van der Waals surface area contributed by atoms with E-state index in [2.05, 4.69) is 10.4 Å². The minimum absolute atomic E-state index is 0.114. The Morgan fingerprint density at radius 3 is 2.12 bits per heavy atom. The molecular weight excluding hydrogens is 302 g/mol. The van der Waals surface area contributed by atoms with Gasteiger partial charge in [-0.3, -0.25) is 5.01 Å². The predicted octanol–water partition coefficient (Wildman–Crippen LogP) is 1.33. The summed E-state index contributed by atoms with van der Waals surface area (Å²) >= 11 is 0. The number of hydrazone groups is 1. The van der Waals surface area contributed by atoms with E-state index in [-0.39, 0.29) is 5.71 Å². The number of nitrogens with one attached hydrogen (secondary N) is 1. The van der Waals surface area contributed by atoms with Gasteiger partial charge in [0, 0.05) is 12.6 Å². The zero-order valence-corrected chi connectivity index (χ0v) is 12.8. The molecule has 0 spiro atoms. The molecule has 0 bridgehead atoms. The molecule has 0 radical (unpaired) electrons. The number of benzene rings is 1. The summed E-state index contributed by atoms with van der Waals surface area (Å²) in [5.41, 5.74) is -2.52. The lowest BCUT2D eigenvalue weighted by molar-refractivity contribution is 0.322. The second kappa shape index (κ2) is 5.13.